The van der Waals surface area contributed by atoms with Gasteiger partial charge in [0.2, 0.25) is 0 Å². The molecule has 0 amide bonds. The predicted octanol–water partition coefficient (Wildman–Crippen LogP) is 2.75. The number of hydrogen-bond acceptors (Lipinski definition) is 1. The van der Waals surface area contributed by atoms with E-state index in [9.17, 15) is 13.2 Å². The summed E-state index contributed by atoms with van der Waals surface area (Å²) in [6, 6.07) is 8.32. The maximum absolute atomic E-state index is 12.8. The molecular weight excluding hydrogens is 229 g/mol. The molecule has 5 heteroatoms. The fourth-order valence-electron chi connectivity index (χ4n) is 2.15. The summed E-state index contributed by atoms with van der Waals surface area (Å²) < 4.78 is 38.3. The Labute approximate surface area is 97.3 Å². The number of amidine groups is 1. The molecule has 1 saturated heterocycles. The standard InChI is InChI=1S/C12H13F3N2/c13-12(14,15)9-7-11(16)17-10(9)6-8-4-2-1-3-5-8/h1-5,9-10H,6-7H2,(H2,16,17)/t9-,10+/m1/s1. The van der Waals surface area contributed by atoms with Crippen LogP contribution in [0.1, 0.15) is 12.0 Å². The Bertz CT molecular complexity index is 400. The first-order valence-electron chi connectivity index (χ1n) is 5.41. The minimum Gasteiger partial charge on any atom is -0.370 e. The molecule has 17 heavy (non-hydrogen) atoms. The smallest absolute Gasteiger partial charge is 0.370 e. The summed E-state index contributed by atoms with van der Waals surface area (Å²) in [6.45, 7) is 0. The Balaban J connectivity index is 2.12. The van der Waals surface area contributed by atoms with E-state index in [1.165, 1.54) is 0 Å². The average Bonchev–Trinajstić information content (AvgIpc) is 2.60. The summed E-state index contributed by atoms with van der Waals surface area (Å²) in [7, 11) is 0. The summed E-state index contributed by atoms with van der Waals surface area (Å²) in [5, 5.41) is 9.97. The highest BCUT2D eigenvalue weighted by Crippen LogP contribution is 2.35. The van der Waals surface area contributed by atoms with Crippen molar-refractivity contribution in [2.45, 2.75) is 25.1 Å². The van der Waals surface area contributed by atoms with Crippen molar-refractivity contribution in [2.24, 2.45) is 5.92 Å². The van der Waals surface area contributed by atoms with Gasteiger partial charge in [0.1, 0.15) is 0 Å². The molecule has 1 heterocycles. The van der Waals surface area contributed by atoms with Crippen molar-refractivity contribution in [2.75, 3.05) is 0 Å². The van der Waals surface area contributed by atoms with Crippen molar-refractivity contribution >= 4 is 5.84 Å². The molecule has 0 aromatic heterocycles. The number of nitrogens with one attached hydrogen (secondary N) is 2. The third-order valence-electron chi connectivity index (χ3n) is 2.99. The van der Waals surface area contributed by atoms with Gasteiger partial charge in [-0.15, -0.1) is 0 Å². The van der Waals surface area contributed by atoms with Crippen LogP contribution in [0.5, 0.6) is 0 Å². The zero-order valence-corrected chi connectivity index (χ0v) is 9.09. The molecule has 2 atom stereocenters. The van der Waals surface area contributed by atoms with Crippen LogP contribution in [0.15, 0.2) is 30.3 Å². The Morgan fingerprint density at radius 2 is 1.88 bits per heavy atom. The van der Waals surface area contributed by atoms with E-state index in [1.807, 2.05) is 6.07 Å². The summed E-state index contributed by atoms with van der Waals surface area (Å²) in [5.74, 6) is -1.47. The Morgan fingerprint density at radius 3 is 2.47 bits per heavy atom. The van der Waals surface area contributed by atoms with Crippen molar-refractivity contribution in [1.29, 1.82) is 5.41 Å². The van der Waals surface area contributed by atoms with Crippen molar-refractivity contribution in [3.8, 4) is 0 Å². The SMILES string of the molecule is N=C1C[C@@H](C(F)(F)F)[C@H](Cc2ccccc2)N1. The van der Waals surface area contributed by atoms with E-state index in [1.54, 1.807) is 24.3 Å². The molecule has 1 aromatic rings. The number of benzene rings is 1. The maximum Gasteiger partial charge on any atom is 0.394 e. The second kappa shape index (κ2) is 4.39. The van der Waals surface area contributed by atoms with Crippen molar-refractivity contribution in [3.05, 3.63) is 35.9 Å². The maximum atomic E-state index is 12.8. The Hall–Kier alpha value is -1.52. The van der Waals surface area contributed by atoms with Crippen LogP contribution in [0.2, 0.25) is 0 Å². The first kappa shape index (κ1) is 12.0. The normalized spacial score (nSPS) is 24.8. The average molecular weight is 242 g/mol. The highest BCUT2D eigenvalue weighted by Gasteiger charge is 2.48. The summed E-state index contributed by atoms with van der Waals surface area (Å²) in [4.78, 5) is 0. The number of alkyl halides is 3. The van der Waals surface area contributed by atoms with Crippen LogP contribution >= 0.6 is 0 Å². The zero-order chi connectivity index (χ0) is 12.5. The van der Waals surface area contributed by atoms with Crippen LogP contribution in [0.4, 0.5) is 13.2 Å². The van der Waals surface area contributed by atoms with E-state index >= 15 is 0 Å². The van der Waals surface area contributed by atoms with E-state index in [0.29, 0.717) is 6.42 Å². The van der Waals surface area contributed by atoms with E-state index in [-0.39, 0.29) is 12.3 Å². The van der Waals surface area contributed by atoms with Crippen LogP contribution in [-0.4, -0.2) is 18.1 Å². The lowest BCUT2D eigenvalue weighted by molar-refractivity contribution is -0.175. The Kier molecular flexibility index (Phi) is 3.09. The van der Waals surface area contributed by atoms with Crippen LogP contribution in [0.25, 0.3) is 0 Å². The van der Waals surface area contributed by atoms with E-state index < -0.39 is 18.1 Å². The Morgan fingerprint density at radius 1 is 1.24 bits per heavy atom. The van der Waals surface area contributed by atoms with Gasteiger partial charge in [-0.2, -0.15) is 13.2 Å². The molecule has 0 saturated carbocycles. The highest BCUT2D eigenvalue weighted by molar-refractivity contribution is 5.82. The molecule has 0 spiro atoms. The molecule has 2 rings (SSSR count). The quantitative estimate of drug-likeness (QED) is 0.821. The van der Waals surface area contributed by atoms with Crippen molar-refractivity contribution in [3.63, 3.8) is 0 Å². The molecule has 1 fully saturated rings. The van der Waals surface area contributed by atoms with Crippen LogP contribution < -0.4 is 5.32 Å². The topological polar surface area (TPSA) is 35.9 Å². The van der Waals surface area contributed by atoms with E-state index in [4.69, 9.17) is 5.41 Å². The van der Waals surface area contributed by atoms with Gasteiger partial charge in [0, 0.05) is 12.5 Å². The molecule has 2 N–H and O–H groups in total. The molecule has 1 aromatic carbocycles. The lowest BCUT2D eigenvalue weighted by Gasteiger charge is -2.21. The summed E-state index contributed by atoms with van der Waals surface area (Å²) >= 11 is 0. The van der Waals surface area contributed by atoms with Crippen molar-refractivity contribution < 1.29 is 13.2 Å². The zero-order valence-electron chi connectivity index (χ0n) is 9.09. The van der Waals surface area contributed by atoms with Gasteiger partial charge in [-0.05, 0) is 12.0 Å². The van der Waals surface area contributed by atoms with Gasteiger partial charge in [0.15, 0.2) is 0 Å². The minimum absolute atomic E-state index is 0.0201. The lowest BCUT2D eigenvalue weighted by atomic mass is 9.94. The number of rotatable bonds is 2. The first-order chi connectivity index (χ1) is 7.97. The van der Waals surface area contributed by atoms with Crippen LogP contribution in [0, 0.1) is 11.3 Å². The fraction of sp³-hybridized carbons (Fsp3) is 0.417. The molecule has 1 aliphatic heterocycles. The largest absolute Gasteiger partial charge is 0.394 e. The third kappa shape index (κ3) is 2.78. The fourth-order valence-corrected chi connectivity index (χ4v) is 2.15. The monoisotopic (exact) mass is 242 g/mol. The number of halogens is 3. The van der Waals surface area contributed by atoms with Crippen molar-refractivity contribution in [1.82, 2.24) is 5.32 Å². The molecule has 0 bridgehead atoms. The molecule has 0 unspecified atom stereocenters. The molecular formula is C12H13F3N2. The highest BCUT2D eigenvalue weighted by atomic mass is 19.4. The molecule has 0 radical (unpaired) electrons. The molecule has 0 aliphatic carbocycles. The first-order valence-corrected chi connectivity index (χ1v) is 5.41. The van der Waals surface area contributed by atoms with Gasteiger partial charge in [-0.1, -0.05) is 30.3 Å². The lowest BCUT2D eigenvalue weighted by Crippen LogP contribution is -2.37. The molecule has 1 aliphatic rings. The van der Waals surface area contributed by atoms with Gasteiger partial charge in [-0.3, -0.25) is 5.41 Å². The molecule has 2 nitrogen and oxygen atoms in total. The minimum atomic E-state index is -4.24. The van der Waals surface area contributed by atoms with Gasteiger partial charge in [0.05, 0.1) is 11.8 Å². The number of hydrogen-bond donors (Lipinski definition) is 2. The molecule has 92 valence electrons. The van der Waals surface area contributed by atoms with Gasteiger partial charge in [0.25, 0.3) is 0 Å². The second-order valence-corrected chi connectivity index (χ2v) is 4.27. The van der Waals surface area contributed by atoms with E-state index in [0.717, 1.165) is 5.56 Å². The summed E-state index contributed by atoms with van der Waals surface area (Å²) in [5.41, 5.74) is 0.856. The third-order valence-corrected chi connectivity index (χ3v) is 2.99. The predicted molar refractivity (Wildman–Crippen MR) is 59.0 cm³/mol. The summed E-state index contributed by atoms with van der Waals surface area (Å²) in [6.07, 6.45) is -4.18. The second-order valence-electron chi connectivity index (χ2n) is 4.27. The van der Waals surface area contributed by atoms with Gasteiger partial charge >= 0.3 is 6.18 Å². The van der Waals surface area contributed by atoms with Gasteiger partial charge < -0.3 is 5.32 Å². The van der Waals surface area contributed by atoms with Crippen LogP contribution in [0.3, 0.4) is 0 Å². The van der Waals surface area contributed by atoms with Gasteiger partial charge in [-0.25, -0.2) is 0 Å². The van der Waals surface area contributed by atoms with Crippen LogP contribution in [-0.2, 0) is 6.42 Å². The van der Waals surface area contributed by atoms with E-state index in [2.05, 4.69) is 5.32 Å².